The van der Waals surface area contributed by atoms with Gasteiger partial charge in [0.25, 0.3) is 0 Å². The molecule has 0 aromatic carbocycles. The molecule has 0 aliphatic heterocycles. The van der Waals surface area contributed by atoms with Crippen molar-refractivity contribution in [3.05, 3.63) is 36.4 Å². The number of amides is 1. The van der Waals surface area contributed by atoms with E-state index in [1.807, 2.05) is 49.7 Å². The van der Waals surface area contributed by atoms with E-state index < -0.39 is 0 Å². The predicted octanol–water partition coefficient (Wildman–Crippen LogP) is 3.03. The second kappa shape index (κ2) is 10.3. The zero-order valence-corrected chi connectivity index (χ0v) is 17.6. The standard InChI is InChI=1S/C22H31N5O2/c1-27(2)22-25-15-19(17-8-11-23-12-9-17)21(26-22)18-6-4-16(5-7-18)14-24-20(28)10-13-29-3/h8-9,11-12,15-16,18H,4-7,10,13-14H2,1-3H3,(H,24,28). The van der Waals surface area contributed by atoms with Crippen LogP contribution in [-0.2, 0) is 9.53 Å². The fourth-order valence-corrected chi connectivity index (χ4v) is 3.85. The van der Waals surface area contributed by atoms with Crippen LogP contribution in [0.4, 0.5) is 5.95 Å². The number of rotatable bonds is 8. The number of ether oxygens (including phenoxy) is 1. The van der Waals surface area contributed by atoms with Gasteiger partial charge in [-0.25, -0.2) is 9.97 Å². The third-order valence-corrected chi connectivity index (χ3v) is 5.55. The lowest BCUT2D eigenvalue weighted by molar-refractivity contribution is -0.122. The zero-order chi connectivity index (χ0) is 20.6. The van der Waals surface area contributed by atoms with E-state index in [0.717, 1.165) is 55.0 Å². The van der Waals surface area contributed by atoms with Gasteiger partial charge in [-0.05, 0) is 49.3 Å². The molecule has 3 rings (SSSR count). The number of nitrogens with zero attached hydrogens (tertiary/aromatic N) is 4. The van der Waals surface area contributed by atoms with Gasteiger partial charge in [0.05, 0.1) is 12.3 Å². The summed E-state index contributed by atoms with van der Waals surface area (Å²) in [6.45, 7) is 1.22. The van der Waals surface area contributed by atoms with Crippen LogP contribution in [0.25, 0.3) is 11.1 Å². The van der Waals surface area contributed by atoms with Gasteiger partial charge < -0.3 is 15.0 Å². The maximum Gasteiger partial charge on any atom is 0.225 e. The first-order chi connectivity index (χ1) is 14.1. The molecule has 0 unspecified atom stereocenters. The Morgan fingerprint density at radius 3 is 2.59 bits per heavy atom. The number of carbonyl (C=O) groups is 1. The summed E-state index contributed by atoms with van der Waals surface area (Å²) >= 11 is 0. The van der Waals surface area contributed by atoms with E-state index in [0.29, 0.717) is 24.9 Å². The number of pyridine rings is 1. The van der Waals surface area contributed by atoms with Crippen LogP contribution in [0.1, 0.15) is 43.7 Å². The summed E-state index contributed by atoms with van der Waals surface area (Å²) in [7, 11) is 5.55. The van der Waals surface area contributed by atoms with Gasteiger partial charge in [-0.2, -0.15) is 0 Å². The summed E-state index contributed by atoms with van der Waals surface area (Å²) in [6, 6.07) is 4.03. The molecule has 7 heteroatoms. The topological polar surface area (TPSA) is 80.2 Å². The lowest BCUT2D eigenvalue weighted by Crippen LogP contribution is -2.31. The van der Waals surface area contributed by atoms with Crippen molar-refractivity contribution < 1.29 is 9.53 Å². The van der Waals surface area contributed by atoms with Crippen LogP contribution in [0.3, 0.4) is 0 Å². The smallest absolute Gasteiger partial charge is 0.225 e. The number of hydrogen-bond acceptors (Lipinski definition) is 6. The lowest BCUT2D eigenvalue weighted by atomic mass is 9.79. The molecular formula is C22H31N5O2. The summed E-state index contributed by atoms with van der Waals surface area (Å²) in [4.78, 5) is 27.3. The van der Waals surface area contributed by atoms with Crippen LogP contribution in [0, 0.1) is 5.92 Å². The molecule has 156 valence electrons. The highest BCUT2D eigenvalue weighted by Gasteiger charge is 2.26. The van der Waals surface area contributed by atoms with E-state index in [4.69, 9.17) is 9.72 Å². The lowest BCUT2D eigenvalue weighted by Gasteiger charge is -2.30. The second-order valence-corrected chi connectivity index (χ2v) is 7.86. The molecule has 2 aromatic heterocycles. The summed E-state index contributed by atoms with van der Waals surface area (Å²) in [5.41, 5.74) is 3.32. The molecular weight excluding hydrogens is 366 g/mol. The zero-order valence-electron chi connectivity index (χ0n) is 17.6. The van der Waals surface area contributed by atoms with Crippen molar-refractivity contribution in [3.8, 4) is 11.1 Å². The average molecular weight is 398 g/mol. The summed E-state index contributed by atoms with van der Waals surface area (Å²) in [6.07, 6.45) is 10.3. The van der Waals surface area contributed by atoms with Gasteiger partial charge in [-0.15, -0.1) is 0 Å². The van der Waals surface area contributed by atoms with Gasteiger partial charge in [0, 0.05) is 64.2 Å². The highest BCUT2D eigenvalue weighted by molar-refractivity contribution is 5.75. The minimum Gasteiger partial charge on any atom is -0.384 e. The monoisotopic (exact) mass is 397 g/mol. The minimum absolute atomic E-state index is 0.0698. The molecule has 2 aromatic rings. The van der Waals surface area contributed by atoms with Crippen LogP contribution in [0.15, 0.2) is 30.7 Å². The number of methoxy groups -OCH3 is 1. The highest BCUT2D eigenvalue weighted by atomic mass is 16.5. The quantitative estimate of drug-likeness (QED) is 0.737. The third kappa shape index (κ3) is 5.73. The molecule has 1 fully saturated rings. The molecule has 7 nitrogen and oxygen atoms in total. The maximum atomic E-state index is 11.8. The minimum atomic E-state index is 0.0698. The summed E-state index contributed by atoms with van der Waals surface area (Å²) in [5, 5.41) is 3.04. The highest BCUT2D eigenvalue weighted by Crippen LogP contribution is 2.39. The Balaban J connectivity index is 1.68. The van der Waals surface area contributed by atoms with E-state index in [1.165, 1.54) is 0 Å². The van der Waals surface area contributed by atoms with Gasteiger partial charge in [0.15, 0.2) is 0 Å². The van der Waals surface area contributed by atoms with Crippen molar-refractivity contribution in [1.82, 2.24) is 20.3 Å². The van der Waals surface area contributed by atoms with Crippen LogP contribution in [0.2, 0.25) is 0 Å². The number of carbonyl (C=O) groups excluding carboxylic acids is 1. The fourth-order valence-electron chi connectivity index (χ4n) is 3.85. The van der Waals surface area contributed by atoms with E-state index in [1.54, 1.807) is 7.11 Å². The van der Waals surface area contributed by atoms with Gasteiger partial charge >= 0.3 is 0 Å². The van der Waals surface area contributed by atoms with Crippen molar-refractivity contribution in [2.24, 2.45) is 5.92 Å². The molecule has 1 amide bonds. The van der Waals surface area contributed by atoms with Crippen LogP contribution in [0.5, 0.6) is 0 Å². The first-order valence-corrected chi connectivity index (χ1v) is 10.3. The van der Waals surface area contributed by atoms with Crippen molar-refractivity contribution in [3.63, 3.8) is 0 Å². The molecule has 0 radical (unpaired) electrons. The number of hydrogen-bond donors (Lipinski definition) is 1. The van der Waals surface area contributed by atoms with Gasteiger partial charge in [-0.1, -0.05) is 0 Å². The predicted molar refractivity (Wildman–Crippen MR) is 114 cm³/mol. The Kier molecular flexibility index (Phi) is 7.52. The van der Waals surface area contributed by atoms with Crippen molar-refractivity contribution in [2.75, 3.05) is 39.3 Å². The number of aromatic nitrogens is 3. The average Bonchev–Trinajstić information content (AvgIpc) is 2.76. The van der Waals surface area contributed by atoms with E-state index in [2.05, 4.69) is 15.3 Å². The molecule has 0 bridgehead atoms. The first kappa shape index (κ1) is 21.2. The van der Waals surface area contributed by atoms with Crippen molar-refractivity contribution in [1.29, 1.82) is 0 Å². The number of anilines is 1. The van der Waals surface area contributed by atoms with Gasteiger partial charge in [-0.3, -0.25) is 9.78 Å². The van der Waals surface area contributed by atoms with E-state index >= 15 is 0 Å². The summed E-state index contributed by atoms with van der Waals surface area (Å²) in [5.74, 6) is 1.74. The van der Waals surface area contributed by atoms with E-state index in [-0.39, 0.29) is 5.91 Å². The second-order valence-electron chi connectivity index (χ2n) is 7.86. The Hall–Kier alpha value is -2.54. The molecule has 1 saturated carbocycles. The Bertz CT molecular complexity index is 789. The largest absolute Gasteiger partial charge is 0.384 e. The van der Waals surface area contributed by atoms with Crippen LogP contribution in [-0.4, -0.2) is 55.2 Å². The molecule has 0 spiro atoms. The van der Waals surface area contributed by atoms with E-state index in [9.17, 15) is 4.79 Å². The molecule has 0 saturated heterocycles. The van der Waals surface area contributed by atoms with Gasteiger partial charge in [0.1, 0.15) is 0 Å². The fraction of sp³-hybridized carbons (Fsp3) is 0.545. The van der Waals surface area contributed by atoms with Gasteiger partial charge in [0.2, 0.25) is 11.9 Å². The third-order valence-electron chi connectivity index (χ3n) is 5.55. The normalized spacial score (nSPS) is 19.0. The summed E-state index contributed by atoms with van der Waals surface area (Å²) < 4.78 is 4.96. The molecule has 2 heterocycles. The molecule has 1 aliphatic rings. The Labute approximate surface area is 172 Å². The van der Waals surface area contributed by atoms with Crippen molar-refractivity contribution in [2.45, 2.75) is 38.0 Å². The Morgan fingerprint density at radius 1 is 1.21 bits per heavy atom. The van der Waals surface area contributed by atoms with Crippen molar-refractivity contribution >= 4 is 11.9 Å². The molecule has 29 heavy (non-hydrogen) atoms. The van der Waals surface area contributed by atoms with Crippen LogP contribution < -0.4 is 10.2 Å². The molecule has 1 aliphatic carbocycles. The van der Waals surface area contributed by atoms with Crippen LogP contribution >= 0.6 is 0 Å². The SMILES string of the molecule is COCCC(=O)NCC1CCC(c2nc(N(C)C)ncc2-c2ccncc2)CC1. The maximum absolute atomic E-state index is 11.8. The Morgan fingerprint density at radius 2 is 1.93 bits per heavy atom. The number of nitrogens with one attached hydrogen (secondary N) is 1. The molecule has 1 N–H and O–H groups in total. The molecule has 0 atom stereocenters. The first-order valence-electron chi connectivity index (χ1n) is 10.3.